The van der Waals surface area contributed by atoms with E-state index in [1.54, 1.807) is 12.1 Å². The number of rotatable bonds is 13. The summed E-state index contributed by atoms with van der Waals surface area (Å²) in [4.78, 5) is 49.6. The zero-order chi connectivity index (χ0) is 26.7. The minimum Gasteiger partial charge on any atom is -0.508 e. The summed E-state index contributed by atoms with van der Waals surface area (Å²) in [7, 11) is 0. The number of carbonyl (C=O) groups is 4. The molecule has 7 N–H and O–H groups in total. The van der Waals surface area contributed by atoms with Crippen molar-refractivity contribution >= 4 is 23.7 Å². The first kappa shape index (κ1) is 28.3. The normalized spacial score (nSPS) is 13.3. The molecule has 194 valence electrons. The monoisotopic (exact) mass is 498 g/mol. The standard InChI is InChI=1S/C26H34N4O6/c1-16(2)12-21(29-24(34)20(27)13-17-6-4-3-5-7-17)26(36)30-22(25(35)28-15-23(32)33)14-18-8-10-19(31)11-9-18/h3-11,16,20-22,31H,12-15,27H2,1-2H3,(H,28,35)(H,29,34)(H,30,36)(H,32,33). The van der Waals surface area contributed by atoms with Gasteiger partial charge in [-0.3, -0.25) is 19.2 Å². The van der Waals surface area contributed by atoms with Crippen molar-refractivity contribution in [2.24, 2.45) is 11.7 Å². The van der Waals surface area contributed by atoms with Crippen molar-refractivity contribution in [3.8, 4) is 5.75 Å². The van der Waals surface area contributed by atoms with Crippen LogP contribution in [0.1, 0.15) is 31.4 Å². The zero-order valence-corrected chi connectivity index (χ0v) is 20.4. The topological polar surface area (TPSA) is 171 Å². The molecule has 2 rings (SSSR count). The van der Waals surface area contributed by atoms with Gasteiger partial charge in [0.2, 0.25) is 17.7 Å². The Kier molecular flexibility index (Phi) is 10.9. The second kappa shape index (κ2) is 13.8. The van der Waals surface area contributed by atoms with Gasteiger partial charge in [-0.1, -0.05) is 56.3 Å². The third kappa shape index (κ3) is 9.75. The molecule has 0 aliphatic rings. The van der Waals surface area contributed by atoms with Crippen molar-refractivity contribution in [3.05, 3.63) is 65.7 Å². The highest BCUT2D eigenvalue weighted by Gasteiger charge is 2.29. The summed E-state index contributed by atoms with van der Waals surface area (Å²) in [5.74, 6) is -2.91. The lowest BCUT2D eigenvalue weighted by molar-refractivity contribution is -0.138. The Morgan fingerprint density at radius 1 is 0.806 bits per heavy atom. The summed E-state index contributed by atoms with van der Waals surface area (Å²) in [5, 5.41) is 26.0. The van der Waals surface area contributed by atoms with Gasteiger partial charge >= 0.3 is 5.97 Å². The first-order chi connectivity index (χ1) is 17.0. The number of nitrogens with two attached hydrogens (primary N) is 1. The number of carboxylic acids is 1. The van der Waals surface area contributed by atoms with E-state index < -0.39 is 48.4 Å². The van der Waals surface area contributed by atoms with E-state index in [2.05, 4.69) is 16.0 Å². The van der Waals surface area contributed by atoms with Crippen molar-refractivity contribution in [1.29, 1.82) is 0 Å². The summed E-state index contributed by atoms with van der Waals surface area (Å²) in [5.41, 5.74) is 7.60. The molecule has 3 unspecified atom stereocenters. The number of phenols is 1. The summed E-state index contributed by atoms with van der Waals surface area (Å²) in [6.07, 6.45) is 0.648. The number of benzene rings is 2. The molecular weight excluding hydrogens is 464 g/mol. The fraction of sp³-hybridized carbons (Fsp3) is 0.385. The van der Waals surface area contributed by atoms with Crippen molar-refractivity contribution in [3.63, 3.8) is 0 Å². The molecule has 10 nitrogen and oxygen atoms in total. The molecule has 3 amide bonds. The first-order valence-corrected chi connectivity index (χ1v) is 11.7. The van der Waals surface area contributed by atoms with Gasteiger partial charge in [0.05, 0.1) is 6.04 Å². The van der Waals surface area contributed by atoms with Crippen molar-refractivity contribution in [2.45, 2.75) is 51.2 Å². The summed E-state index contributed by atoms with van der Waals surface area (Å²) >= 11 is 0. The number of aromatic hydroxyl groups is 1. The minimum atomic E-state index is -1.23. The van der Waals surface area contributed by atoms with Gasteiger partial charge in [-0.05, 0) is 42.0 Å². The van der Waals surface area contributed by atoms with E-state index in [0.717, 1.165) is 5.56 Å². The van der Waals surface area contributed by atoms with E-state index >= 15 is 0 Å². The van der Waals surface area contributed by atoms with E-state index in [4.69, 9.17) is 10.8 Å². The fourth-order valence-electron chi connectivity index (χ4n) is 3.58. The molecule has 2 aromatic carbocycles. The molecule has 36 heavy (non-hydrogen) atoms. The predicted molar refractivity (Wildman–Crippen MR) is 134 cm³/mol. The Bertz CT molecular complexity index is 1030. The first-order valence-electron chi connectivity index (χ1n) is 11.7. The Labute approximate surface area is 210 Å². The minimum absolute atomic E-state index is 0.0428. The molecule has 0 aliphatic heterocycles. The molecule has 3 atom stereocenters. The molecular formula is C26H34N4O6. The average molecular weight is 499 g/mol. The van der Waals surface area contributed by atoms with Gasteiger partial charge in [0.25, 0.3) is 0 Å². The van der Waals surface area contributed by atoms with E-state index in [1.807, 2.05) is 44.2 Å². The quantitative estimate of drug-likeness (QED) is 0.236. The number of hydrogen-bond acceptors (Lipinski definition) is 6. The number of hydrogen-bond donors (Lipinski definition) is 6. The molecule has 0 saturated carbocycles. The second-order valence-electron chi connectivity index (χ2n) is 9.03. The molecule has 10 heteroatoms. The number of phenolic OH excluding ortho intramolecular Hbond substituents is 1. The lowest BCUT2D eigenvalue weighted by atomic mass is 10.00. The van der Waals surface area contributed by atoms with Crippen LogP contribution in [0.3, 0.4) is 0 Å². The van der Waals surface area contributed by atoms with Crippen LogP contribution in [0.2, 0.25) is 0 Å². The van der Waals surface area contributed by atoms with Crippen molar-refractivity contribution in [1.82, 2.24) is 16.0 Å². The van der Waals surface area contributed by atoms with Crippen LogP contribution < -0.4 is 21.7 Å². The van der Waals surface area contributed by atoms with Crippen LogP contribution in [0.5, 0.6) is 5.75 Å². The molecule has 0 bridgehead atoms. The van der Waals surface area contributed by atoms with Gasteiger partial charge in [-0.15, -0.1) is 0 Å². The van der Waals surface area contributed by atoms with Crippen molar-refractivity contribution in [2.75, 3.05) is 6.54 Å². The summed E-state index contributed by atoms with van der Waals surface area (Å²) in [6, 6.07) is 12.4. The van der Waals surface area contributed by atoms with E-state index in [9.17, 15) is 24.3 Å². The molecule has 0 saturated heterocycles. The lowest BCUT2D eigenvalue weighted by Crippen LogP contribution is -2.57. The van der Waals surface area contributed by atoms with Crippen LogP contribution in [-0.4, -0.2) is 58.6 Å². The zero-order valence-electron chi connectivity index (χ0n) is 20.4. The van der Waals surface area contributed by atoms with Gasteiger partial charge in [-0.25, -0.2) is 0 Å². The van der Waals surface area contributed by atoms with Crippen LogP contribution in [0, 0.1) is 5.92 Å². The summed E-state index contributed by atoms with van der Waals surface area (Å²) < 4.78 is 0. The maximum Gasteiger partial charge on any atom is 0.322 e. The van der Waals surface area contributed by atoms with Crippen molar-refractivity contribution < 1.29 is 29.4 Å². The number of aliphatic carboxylic acids is 1. The molecule has 0 aromatic heterocycles. The van der Waals surface area contributed by atoms with Gasteiger partial charge in [0.15, 0.2) is 0 Å². The highest BCUT2D eigenvalue weighted by molar-refractivity contribution is 5.93. The Hall–Kier alpha value is -3.92. The van der Waals surface area contributed by atoms with Crippen LogP contribution in [-0.2, 0) is 32.0 Å². The molecule has 0 aliphatic carbocycles. The highest BCUT2D eigenvalue weighted by Crippen LogP contribution is 2.13. The van der Waals surface area contributed by atoms with Crippen LogP contribution in [0.4, 0.5) is 0 Å². The van der Waals surface area contributed by atoms with Crippen LogP contribution in [0.25, 0.3) is 0 Å². The highest BCUT2D eigenvalue weighted by atomic mass is 16.4. The Morgan fingerprint density at radius 3 is 1.97 bits per heavy atom. The van der Waals surface area contributed by atoms with Gasteiger partial charge in [0.1, 0.15) is 24.4 Å². The molecule has 0 fully saturated rings. The van der Waals surface area contributed by atoms with E-state index in [-0.39, 0.29) is 18.1 Å². The molecule has 0 radical (unpaired) electrons. The smallest absolute Gasteiger partial charge is 0.322 e. The maximum atomic E-state index is 13.2. The number of carboxylic acid groups (broad SMARTS) is 1. The third-order valence-electron chi connectivity index (χ3n) is 5.40. The Balaban J connectivity index is 2.14. The van der Waals surface area contributed by atoms with Gasteiger partial charge < -0.3 is 31.9 Å². The molecule has 0 heterocycles. The largest absolute Gasteiger partial charge is 0.508 e. The SMILES string of the molecule is CC(C)CC(NC(=O)C(N)Cc1ccccc1)C(=O)NC(Cc1ccc(O)cc1)C(=O)NCC(=O)O. The van der Waals surface area contributed by atoms with E-state index in [0.29, 0.717) is 18.4 Å². The number of nitrogens with one attached hydrogen (secondary N) is 3. The molecule has 2 aromatic rings. The van der Waals surface area contributed by atoms with E-state index in [1.165, 1.54) is 12.1 Å². The predicted octanol–water partition coefficient (Wildman–Crippen LogP) is 0.721. The van der Waals surface area contributed by atoms with Crippen LogP contribution in [0.15, 0.2) is 54.6 Å². The Morgan fingerprint density at radius 2 is 1.39 bits per heavy atom. The van der Waals surface area contributed by atoms with Crippen LogP contribution >= 0.6 is 0 Å². The van der Waals surface area contributed by atoms with Gasteiger partial charge in [0, 0.05) is 6.42 Å². The molecule has 0 spiro atoms. The lowest BCUT2D eigenvalue weighted by Gasteiger charge is -2.25. The number of carbonyl (C=O) groups excluding carboxylic acids is 3. The van der Waals surface area contributed by atoms with Gasteiger partial charge in [-0.2, -0.15) is 0 Å². The second-order valence-corrected chi connectivity index (χ2v) is 9.03. The third-order valence-corrected chi connectivity index (χ3v) is 5.40. The fourth-order valence-corrected chi connectivity index (χ4v) is 3.58. The maximum absolute atomic E-state index is 13.2. The average Bonchev–Trinajstić information content (AvgIpc) is 2.83. The number of amides is 3. The summed E-state index contributed by atoms with van der Waals surface area (Å²) in [6.45, 7) is 3.18.